The number of halogens is 1. The Kier molecular flexibility index (Phi) is 6.63. The van der Waals surface area contributed by atoms with Crippen LogP contribution in [0.25, 0.3) is 10.9 Å². The van der Waals surface area contributed by atoms with Crippen LogP contribution in [0.1, 0.15) is 41.6 Å². The van der Waals surface area contributed by atoms with Gasteiger partial charge in [0.15, 0.2) is 0 Å². The molecule has 5 rings (SSSR count). The third-order valence-corrected chi connectivity index (χ3v) is 9.52. The summed E-state index contributed by atoms with van der Waals surface area (Å²) >= 11 is 0. The molecule has 37 heavy (non-hydrogen) atoms. The number of hydrogen-bond acceptors (Lipinski definition) is 6. The predicted molar refractivity (Wildman–Crippen MR) is 141 cm³/mol. The SMILES string of the molecule is CS(=O)(=O)C1CCN(C(=O)c2cnc3ccc(F)cc3c2N2CCC(C#N)(c3ccccc3)CC2)CC1. The van der Waals surface area contributed by atoms with Gasteiger partial charge in [0.2, 0.25) is 0 Å². The van der Waals surface area contributed by atoms with Crippen LogP contribution in [0.4, 0.5) is 10.1 Å². The molecule has 2 aliphatic heterocycles. The van der Waals surface area contributed by atoms with Crippen molar-refractivity contribution in [2.24, 2.45) is 0 Å². The molecule has 9 heteroatoms. The fraction of sp³-hybridized carbons (Fsp3) is 0.393. The van der Waals surface area contributed by atoms with Crippen molar-refractivity contribution in [3.63, 3.8) is 0 Å². The molecule has 0 radical (unpaired) electrons. The number of carbonyl (C=O) groups is 1. The molecule has 7 nitrogen and oxygen atoms in total. The largest absolute Gasteiger partial charge is 0.370 e. The number of aromatic nitrogens is 1. The van der Waals surface area contributed by atoms with Crippen LogP contribution < -0.4 is 4.90 Å². The first-order valence-electron chi connectivity index (χ1n) is 12.5. The molecular formula is C28H29FN4O3S. The van der Waals surface area contributed by atoms with Crippen molar-refractivity contribution in [2.45, 2.75) is 36.3 Å². The van der Waals surface area contributed by atoms with E-state index in [2.05, 4.69) is 16.0 Å². The van der Waals surface area contributed by atoms with Crippen LogP contribution in [0, 0.1) is 17.1 Å². The second kappa shape index (κ2) is 9.75. The van der Waals surface area contributed by atoms with Gasteiger partial charge < -0.3 is 9.80 Å². The molecule has 2 fully saturated rings. The number of sulfone groups is 1. The summed E-state index contributed by atoms with van der Waals surface area (Å²) in [4.78, 5) is 21.9. The molecule has 2 saturated heterocycles. The Labute approximate surface area is 216 Å². The van der Waals surface area contributed by atoms with Crippen molar-refractivity contribution in [3.05, 3.63) is 71.7 Å². The van der Waals surface area contributed by atoms with Gasteiger partial charge in [0.25, 0.3) is 5.91 Å². The van der Waals surface area contributed by atoms with Gasteiger partial charge in [0.1, 0.15) is 15.7 Å². The lowest BCUT2D eigenvalue weighted by atomic mass is 9.74. The zero-order chi connectivity index (χ0) is 26.2. The van der Waals surface area contributed by atoms with Gasteiger partial charge in [0.05, 0.1) is 33.5 Å². The van der Waals surface area contributed by atoms with E-state index in [1.807, 2.05) is 30.3 Å². The number of benzene rings is 2. The summed E-state index contributed by atoms with van der Waals surface area (Å²) in [5.74, 6) is -0.650. The van der Waals surface area contributed by atoms with E-state index in [9.17, 15) is 22.9 Å². The number of nitriles is 1. The van der Waals surface area contributed by atoms with E-state index < -0.39 is 26.3 Å². The summed E-state index contributed by atoms with van der Waals surface area (Å²) in [7, 11) is -3.16. The summed E-state index contributed by atoms with van der Waals surface area (Å²) in [5, 5.41) is 10.2. The highest BCUT2D eigenvalue weighted by molar-refractivity contribution is 7.91. The molecule has 0 bridgehead atoms. The van der Waals surface area contributed by atoms with E-state index in [0.717, 1.165) is 5.56 Å². The fourth-order valence-corrected chi connectivity index (χ4v) is 6.71. The van der Waals surface area contributed by atoms with Gasteiger partial charge in [-0.25, -0.2) is 12.8 Å². The van der Waals surface area contributed by atoms with Gasteiger partial charge in [-0.3, -0.25) is 9.78 Å². The van der Waals surface area contributed by atoms with Gasteiger partial charge >= 0.3 is 0 Å². The molecule has 0 aliphatic carbocycles. The first-order valence-corrected chi connectivity index (χ1v) is 14.5. The Morgan fingerprint density at radius 2 is 1.76 bits per heavy atom. The number of likely N-dealkylation sites (tertiary alicyclic amines) is 1. The average molecular weight is 521 g/mol. The predicted octanol–water partition coefficient (Wildman–Crippen LogP) is 4.08. The van der Waals surface area contributed by atoms with E-state index in [1.165, 1.54) is 18.4 Å². The third-order valence-electron chi connectivity index (χ3n) is 7.84. The maximum atomic E-state index is 14.4. The number of amides is 1. The Morgan fingerprint density at radius 3 is 2.38 bits per heavy atom. The highest BCUT2D eigenvalue weighted by Crippen LogP contribution is 2.39. The Hall–Kier alpha value is -3.51. The smallest absolute Gasteiger partial charge is 0.257 e. The third kappa shape index (κ3) is 4.78. The topological polar surface area (TPSA) is 94.4 Å². The maximum Gasteiger partial charge on any atom is 0.257 e. The zero-order valence-electron chi connectivity index (χ0n) is 20.7. The van der Waals surface area contributed by atoms with Crippen molar-refractivity contribution >= 4 is 32.3 Å². The minimum absolute atomic E-state index is 0.235. The maximum absolute atomic E-state index is 14.4. The molecule has 2 aromatic carbocycles. The van der Waals surface area contributed by atoms with Crippen molar-refractivity contribution in [2.75, 3.05) is 37.3 Å². The second-order valence-electron chi connectivity index (χ2n) is 10.1. The first kappa shape index (κ1) is 25.2. The van der Waals surface area contributed by atoms with E-state index in [0.29, 0.717) is 74.0 Å². The highest BCUT2D eigenvalue weighted by Gasteiger charge is 2.38. The normalized spacial score (nSPS) is 18.5. The summed E-state index contributed by atoms with van der Waals surface area (Å²) in [6, 6.07) is 16.7. The quantitative estimate of drug-likeness (QED) is 0.515. The van der Waals surface area contributed by atoms with Crippen LogP contribution in [0.5, 0.6) is 0 Å². The van der Waals surface area contributed by atoms with Crippen LogP contribution in [-0.2, 0) is 15.3 Å². The molecule has 0 spiro atoms. The molecule has 192 valence electrons. The van der Waals surface area contributed by atoms with Gasteiger partial charge in [-0.2, -0.15) is 5.26 Å². The lowest BCUT2D eigenvalue weighted by Crippen LogP contribution is -2.44. The van der Waals surface area contributed by atoms with Crippen LogP contribution in [0.3, 0.4) is 0 Å². The molecule has 0 N–H and O–H groups in total. The molecule has 1 aromatic heterocycles. The van der Waals surface area contributed by atoms with Gasteiger partial charge in [-0.05, 0) is 49.4 Å². The standard InChI is InChI=1S/C28H29FN4O3S/c1-37(35,36)22-9-13-33(14-10-22)27(34)24-18-31-25-8-7-21(29)17-23(25)26(24)32-15-11-28(19-30,12-16-32)20-5-3-2-4-6-20/h2-8,17-18,22H,9-16H2,1H3. The number of nitrogens with zero attached hydrogens (tertiary/aromatic N) is 4. The number of carbonyl (C=O) groups excluding carboxylic acids is 1. The van der Waals surface area contributed by atoms with Gasteiger partial charge in [0, 0.05) is 44.0 Å². The first-order chi connectivity index (χ1) is 17.7. The molecule has 0 saturated carbocycles. The average Bonchev–Trinajstić information content (AvgIpc) is 2.92. The highest BCUT2D eigenvalue weighted by atomic mass is 32.2. The van der Waals surface area contributed by atoms with Crippen molar-refractivity contribution in [1.82, 2.24) is 9.88 Å². The summed E-state index contributed by atoms with van der Waals surface area (Å²) in [6.45, 7) is 1.72. The Bertz CT molecular complexity index is 1470. The van der Waals surface area contributed by atoms with Gasteiger partial charge in [-0.15, -0.1) is 0 Å². The van der Waals surface area contributed by atoms with Crippen LogP contribution in [0.15, 0.2) is 54.7 Å². The Balaban J connectivity index is 1.48. The second-order valence-corrected chi connectivity index (χ2v) is 12.4. The summed E-state index contributed by atoms with van der Waals surface area (Å²) in [5.41, 5.74) is 1.94. The summed E-state index contributed by atoms with van der Waals surface area (Å²) < 4.78 is 38.3. The van der Waals surface area contributed by atoms with Crippen molar-refractivity contribution in [3.8, 4) is 6.07 Å². The molecule has 0 unspecified atom stereocenters. The number of hydrogen-bond donors (Lipinski definition) is 0. The lowest BCUT2D eigenvalue weighted by molar-refractivity contribution is 0.0726. The number of anilines is 1. The minimum Gasteiger partial charge on any atom is -0.370 e. The molecule has 2 aliphatic rings. The number of rotatable bonds is 4. The van der Waals surface area contributed by atoms with E-state index >= 15 is 0 Å². The van der Waals surface area contributed by atoms with E-state index in [-0.39, 0.29) is 5.91 Å². The van der Waals surface area contributed by atoms with Crippen molar-refractivity contribution < 1.29 is 17.6 Å². The van der Waals surface area contributed by atoms with Crippen LogP contribution in [-0.4, -0.2) is 61.9 Å². The zero-order valence-corrected chi connectivity index (χ0v) is 21.5. The molecule has 3 aromatic rings. The number of piperidine rings is 2. The van der Waals surface area contributed by atoms with Gasteiger partial charge in [-0.1, -0.05) is 30.3 Å². The molecule has 0 atom stereocenters. The Morgan fingerprint density at radius 1 is 1.08 bits per heavy atom. The number of fused-ring (bicyclic) bond motifs is 1. The minimum atomic E-state index is -3.16. The van der Waals surface area contributed by atoms with Crippen LogP contribution >= 0.6 is 0 Å². The molecule has 1 amide bonds. The fourth-order valence-electron chi connectivity index (χ4n) is 5.64. The van der Waals surface area contributed by atoms with E-state index in [1.54, 1.807) is 17.2 Å². The van der Waals surface area contributed by atoms with Crippen molar-refractivity contribution in [1.29, 1.82) is 5.26 Å². The monoisotopic (exact) mass is 520 g/mol. The lowest BCUT2D eigenvalue weighted by Gasteiger charge is -2.40. The van der Waals surface area contributed by atoms with Crippen LogP contribution in [0.2, 0.25) is 0 Å². The van der Waals surface area contributed by atoms with E-state index in [4.69, 9.17) is 0 Å². The number of pyridine rings is 1. The molecular weight excluding hydrogens is 491 g/mol. The molecule has 3 heterocycles. The summed E-state index contributed by atoms with van der Waals surface area (Å²) in [6.07, 6.45) is 4.70.